The maximum atomic E-state index is 3.26. The Balaban J connectivity index is 0.00000121. The Morgan fingerprint density at radius 3 is 2.36 bits per heavy atom. The third kappa shape index (κ3) is 2.79. The maximum absolute atomic E-state index is 3.26. The summed E-state index contributed by atoms with van der Waals surface area (Å²) in [6, 6.07) is 14.1. The molecule has 0 unspecified atom stereocenters. The monoisotopic (exact) mass is 383 g/mol. The van der Waals surface area contributed by atoms with Gasteiger partial charge in [0, 0.05) is 7.05 Å². The van der Waals surface area contributed by atoms with E-state index in [1.54, 1.807) is 0 Å². The van der Waals surface area contributed by atoms with Crippen LogP contribution in [0.15, 0.2) is 30.3 Å². The predicted molar refractivity (Wildman–Crippen MR) is 92.7 cm³/mol. The van der Waals surface area contributed by atoms with Crippen LogP contribution < -0.4 is 9.80 Å². The summed E-state index contributed by atoms with van der Waals surface area (Å²) in [5, 5.41) is 0. The molecule has 2 nitrogen and oxygen atoms in total. The molecule has 1 radical (unpaired) electrons. The van der Waals surface area contributed by atoms with Gasteiger partial charge in [0.25, 0.3) is 0 Å². The molecule has 1 atom stereocenters. The Morgan fingerprint density at radius 1 is 1.00 bits per heavy atom. The molecule has 119 valence electrons. The normalized spacial score (nSPS) is 16.0. The van der Waals surface area contributed by atoms with E-state index in [1.165, 1.54) is 33.8 Å². The second kappa shape index (κ2) is 6.83. The molecule has 0 aliphatic carbocycles. The van der Waals surface area contributed by atoms with Crippen LogP contribution >= 0.6 is 0 Å². The van der Waals surface area contributed by atoms with Gasteiger partial charge >= 0.3 is 19.5 Å². The summed E-state index contributed by atoms with van der Waals surface area (Å²) in [4.78, 5) is 4.75. The van der Waals surface area contributed by atoms with Gasteiger partial charge in [-0.1, -0.05) is 33.0 Å². The first kappa shape index (κ1) is 18.7. The zero-order valence-corrected chi connectivity index (χ0v) is 15.0. The van der Waals surface area contributed by atoms with Crippen LogP contribution in [-0.2, 0) is 19.5 Å². The van der Waals surface area contributed by atoms with Crippen LogP contribution in [-0.4, -0.2) is 13.2 Å². The molecule has 2 aromatic carbocycles. The van der Waals surface area contributed by atoms with Gasteiger partial charge in [-0.25, -0.2) is 0 Å². The summed E-state index contributed by atoms with van der Waals surface area (Å²) in [5.41, 5.74) is 7.77. The molecule has 1 aliphatic heterocycles. The van der Waals surface area contributed by atoms with Gasteiger partial charge in [0.15, 0.2) is 0 Å². The van der Waals surface area contributed by atoms with Gasteiger partial charge in [-0.2, -0.15) is 23.8 Å². The minimum absolute atomic E-state index is 0. The number of nitrogens with zero attached hydrogens (tertiary/aromatic N) is 2. The predicted octanol–water partition coefficient (Wildman–Crippen LogP) is 4.98. The molecule has 0 fully saturated rings. The average Bonchev–Trinajstić information content (AvgIpc) is 2.66. The first-order valence-electron chi connectivity index (χ1n) is 7.10. The van der Waals surface area contributed by atoms with E-state index in [0.29, 0.717) is 6.17 Å². The Hall–Kier alpha value is -1.34. The molecule has 2 aromatic rings. The van der Waals surface area contributed by atoms with Gasteiger partial charge in [-0.3, -0.25) is 0 Å². The van der Waals surface area contributed by atoms with Crippen molar-refractivity contribution < 1.29 is 19.5 Å². The first-order valence-corrected chi connectivity index (χ1v) is 7.10. The Labute approximate surface area is 147 Å². The third-order valence-electron chi connectivity index (χ3n) is 4.46. The molecule has 0 saturated heterocycles. The fourth-order valence-corrected chi connectivity index (χ4v) is 2.94. The molecule has 0 saturated carbocycles. The van der Waals surface area contributed by atoms with Gasteiger partial charge < -0.3 is 9.80 Å². The fourth-order valence-electron chi connectivity index (χ4n) is 2.94. The molecule has 0 N–H and O–H groups in total. The van der Waals surface area contributed by atoms with Crippen molar-refractivity contribution >= 4 is 17.1 Å². The van der Waals surface area contributed by atoms with Crippen LogP contribution in [0.3, 0.4) is 0 Å². The standard InChI is InChI=1S/C18H21N2.CH4.Ru/c1-12-9-10-17-18(11-12)19(5)15(4)20(17)16-8-6-7-13(2)14(16)3;;/h7-11,15H,1-5H3;1H4;/q-1;;+1/t15-;;/m1../s1. The first-order chi connectivity index (χ1) is 9.50. The molecular weight excluding hydrogens is 357 g/mol. The van der Waals surface area contributed by atoms with Gasteiger partial charge in [0.1, 0.15) is 0 Å². The van der Waals surface area contributed by atoms with Crippen LogP contribution in [0.5, 0.6) is 0 Å². The van der Waals surface area contributed by atoms with Gasteiger partial charge in [-0.15, -0.1) is 5.56 Å². The summed E-state index contributed by atoms with van der Waals surface area (Å²) < 4.78 is 0. The van der Waals surface area contributed by atoms with Crippen molar-refractivity contribution in [2.24, 2.45) is 0 Å². The second-order valence-electron chi connectivity index (χ2n) is 5.75. The van der Waals surface area contributed by atoms with E-state index in [-0.39, 0.29) is 26.9 Å². The van der Waals surface area contributed by atoms with E-state index in [4.69, 9.17) is 0 Å². The number of benzene rings is 2. The van der Waals surface area contributed by atoms with Gasteiger partial charge in [-0.05, 0) is 31.5 Å². The van der Waals surface area contributed by atoms with E-state index in [9.17, 15) is 0 Å². The topological polar surface area (TPSA) is 6.48 Å². The molecule has 1 aliphatic rings. The molecule has 22 heavy (non-hydrogen) atoms. The zero-order chi connectivity index (χ0) is 14.4. The van der Waals surface area contributed by atoms with Crippen molar-refractivity contribution in [3.05, 3.63) is 53.1 Å². The Kier molecular flexibility index (Phi) is 5.81. The summed E-state index contributed by atoms with van der Waals surface area (Å²) >= 11 is 0. The zero-order valence-electron chi connectivity index (χ0n) is 13.2. The molecule has 0 bridgehead atoms. The smallest absolute Gasteiger partial charge is 0.374 e. The Morgan fingerprint density at radius 2 is 1.68 bits per heavy atom. The molecular formula is C19H25N2Ru. The third-order valence-corrected chi connectivity index (χ3v) is 4.46. The van der Waals surface area contributed by atoms with Crippen molar-refractivity contribution in [2.45, 2.75) is 41.3 Å². The molecule has 0 aromatic heterocycles. The van der Waals surface area contributed by atoms with E-state index in [2.05, 4.69) is 80.9 Å². The average molecular weight is 382 g/mol. The SMILES string of the molecule is C.Cc1ccc2c(c1)N(C)[C@@H](C)N2c1c[c-]cc(C)c1C.[Ru+]. The van der Waals surface area contributed by atoms with Crippen LogP contribution in [0.2, 0.25) is 0 Å². The van der Waals surface area contributed by atoms with E-state index in [0.717, 1.165) is 0 Å². The molecule has 3 rings (SSSR count). The van der Waals surface area contributed by atoms with Crippen molar-refractivity contribution in [3.63, 3.8) is 0 Å². The number of aryl methyl sites for hydroxylation is 2. The van der Waals surface area contributed by atoms with E-state index in [1.807, 2.05) is 0 Å². The molecule has 3 heteroatoms. The molecule has 0 spiro atoms. The number of hydrogen-bond acceptors (Lipinski definition) is 2. The van der Waals surface area contributed by atoms with Crippen molar-refractivity contribution in [2.75, 3.05) is 16.8 Å². The van der Waals surface area contributed by atoms with Gasteiger partial charge in [0.2, 0.25) is 0 Å². The summed E-state index contributed by atoms with van der Waals surface area (Å²) in [6.45, 7) is 8.73. The number of fused-ring (bicyclic) bond motifs is 1. The van der Waals surface area contributed by atoms with Crippen LogP contribution in [0.4, 0.5) is 17.1 Å². The largest absolute Gasteiger partial charge is 1.00 e. The van der Waals surface area contributed by atoms with Crippen LogP contribution in [0.1, 0.15) is 31.0 Å². The number of anilines is 3. The Bertz CT molecular complexity index is 666. The minimum Gasteiger partial charge on any atom is -0.374 e. The van der Waals surface area contributed by atoms with Crippen molar-refractivity contribution in [1.82, 2.24) is 0 Å². The molecule has 0 amide bonds. The van der Waals surface area contributed by atoms with Crippen LogP contribution in [0.25, 0.3) is 0 Å². The minimum atomic E-state index is 0. The molecule has 1 heterocycles. The number of hydrogen-bond donors (Lipinski definition) is 0. The summed E-state index contributed by atoms with van der Waals surface area (Å²) in [7, 11) is 2.16. The van der Waals surface area contributed by atoms with Gasteiger partial charge in [0.05, 0.1) is 17.5 Å². The van der Waals surface area contributed by atoms with E-state index >= 15 is 0 Å². The quantitative estimate of drug-likeness (QED) is 0.507. The van der Waals surface area contributed by atoms with Crippen molar-refractivity contribution in [3.8, 4) is 0 Å². The summed E-state index contributed by atoms with van der Waals surface area (Å²) in [6.07, 6.45) is 0.320. The fraction of sp³-hybridized carbons (Fsp3) is 0.368. The van der Waals surface area contributed by atoms with Crippen LogP contribution in [0, 0.1) is 26.8 Å². The summed E-state index contributed by atoms with van der Waals surface area (Å²) in [5.74, 6) is 0. The second-order valence-corrected chi connectivity index (χ2v) is 5.75. The maximum Gasteiger partial charge on any atom is 1.00 e. The van der Waals surface area contributed by atoms with E-state index < -0.39 is 0 Å². The van der Waals surface area contributed by atoms with Crippen molar-refractivity contribution in [1.29, 1.82) is 0 Å². The number of rotatable bonds is 1.